The van der Waals surface area contributed by atoms with E-state index in [0.717, 1.165) is 18.9 Å². The predicted molar refractivity (Wildman–Crippen MR) is 122 cm³/mol. The molecule has 1 aliphatic heterocycles. The van der Waals surface area contributed by atoms with Crippen molar-refractivity contribution in [3.8, 4) is 22.6 Å². The number of alkyl halides is 5. The zero-order chi connectivity index (χ0) is 30.1. The third-order valence-corrected chi connectivity index (χ3v) is 6.00. The molecule has 0 aromatic heterocycles. The lowest BCUT2D eigenvalue weighted by Crippen LogP contribution is -2.28. The maximum absolute atomic E-state index is 14.8. The van der Waals surface area contributed by atoms with E-state index in [1.807, 2.05) is 6.92 Å². The van der Waals surface area contributed by atoms with Gasteiger partial charge >= 0.3 is 12.5 Å². The van der Waals surface area contributed by atoms with Gasteiger partial charge in [0.05, 0.1) is 13.2 Å². The molecular formula is C27H20F10O4. The van der Waals surface area contributed by atoms with Crippen molar-refractivity contribution in [3.05, 3.63) is 82.7 Å². The van der Waals surface area contributed by atoms with Crippen LogP contribution in [0, 0.1) is 35.0 Å². The summed E-state index contributed by atoms with van der Waals surface area (Å²) in [6.45, 7) is 2.45. The SMILES string of the molecule is CCCC1COC(c2cc(F)c(C(F)(F)Oc3ccc(-c4cc(F)c(OC(F)(F)F)c(F)c4)c(F)c3)c(F)c2)OC1. The molecule has 3 aromatic carbocycles. The Kier molecular flexibility index (Phi) is 8.73. The van der Waals surface area contributed by atoms with E-state index in [0.29, 0.717) is 36.4 Å². The molecule has 4 nitrogen and oxygen atoms in total. The van der Waals surface area contributed by atoms with Crippen molar-refractivity contribution in [1.29, 1.82) is 0 Å². The van der Waals surface area contributed by atoms with Gasteiger partial charge in [-0.15, -0.1) is 13.2 Å². The van der Waals surface area contributed by atoms with E-state index in [-0.39, 0.29) is 24.7 Å². The van der Waals surface area contributed by atoms with Crippen molar-refractivity contribution in [2.75, 3.05) is 13.2 Å². The minimum absolute atomic E-state index is 0.0792. The molecule has 0 radical (unpaired) electrons. The molecule has 41 heavy (non-hydrogen) atoms. The summed E-state index contributed by atoms with van der Waals surface area (Å²) in [5, 5.41) is 0. The van der Waals surface area contributed by atoms with Gasteiger partial charge in [0.25, 0.3) is 0 Å². The molecule has 4 rings (SSSR count). The molecular weight excluding hydrogens is 578 g/mol. The van der Waals surface area contributed by atoms with Gasteiger partial charge < -0.3 is 18.9 Å². The second kappa shape index (κ2) is 11.8. The van der Waals surface area contributed by atoms with E-state index in [9.17, 15) is 43.9 Å². The van der Waals surface area contributed by atoms with Gasteiger partial charge in [0.2, 0.25) is 5.75 Å². The zero-order valence-corrected chi connectivity index (χ0v) is 20.9. The zero-order valence-electron chi connectivity index (χ0n) is 20.9. The predicted octanol–water partition coefficient (Wildman–Crippen LogP) is 8.54. The summed E-state index contributed by atoms with van der Waals surface area (Å²) in [5.74, 6) is -11.1. The van der Waals surface area contributed by atoms with Crippen molar-refractivity contribution in [1.82, 2.24) is 0 Å². The monoisotopic (exact) mass is 598 g/mol. The van der Waals surface area contributed by atoms with Crippen LogP contribution in [0.1, 0.15) is 37.2 Å². The van der Waals surface area contributed by atoms with Gasteiger partial charge in [0, 0.05) is 23.1 Å². The van der Waals surface area contributed by atoms with Crippen LogP contribution >= 0.6 is 0 Å². The van der Waals surface area contributed by atoms with E-state index in [1.165, 1.54) is 0 Å². The maximum atomic E-state index is 14.8. The van der Waals surface area contributed by atoms with Crippen LogP contribution in [0.15, 0.2) is 42.5 Å². The van der Waals surface area contributed by atoms with Crippen LogP contribution in [0.25, 0.3) is 11.1 Å². The number of rotatable bonds is 8. The molecule has 0 unspecified atom stereocenters. The van der Waals surface area contributed by atoms with Gasteiger partial charge in [-0.25, -0.2) is 22.0 Å². The Hall–Kier alpha value is -3.52. The molecule has 0 spiro atoms. The molecule has 1 heterocycles. The number of benzene rings is 3. The Morgan fingerprint density at radius 2 is 1.34 bits per heavy atom. The van der Waals surface area contributed by atoms with Crippen LogP contribution in [0.4, 0.5) is 43.9 Å². The summed E-state index contributed by atoms with van der Waals surface area (Å²) in [6.07, 6.45) is -9.58. The van der Waals surface area contributed by atoms with Gasteiger partial charge in [-0.2, -0.15) is 8.78 Å². The Bertz CT molecular complexity index is 1360. The smallest absolute Gasteiger partial charge is 0.429 e. The van der Waals surface area contributed by atoms with Gasteiger partial charge in [-0.1, -0.05) is 13.3 Å². The van der Waals surface area contributed by atoms with E-state index in [4.69, 9.17) is 9.47 Å². The van der Waals surface area contributed by atoms with Crippen molar-refractivity contribution >= 4 is 0 Å². The van der Waals surface area contributed by atoms with Crippen LogP contribution in [-0.4, -0.2) is 19.6 Å². The topological polar surface area (TPSA) is 36.9 Å². The Labute approximate surface area is 226 Å². The number of hydrogen-bond acceptors (Lipinski definition) is 4. The Balaban J connectivity index is 1.53. The fourth-order valence-electron chi connectivity index (χ4n) is 4.24. The van der Waals surface area contributed by atoms with Crippen LogP contribution < -0.4 is 9.47 Å². The third kappa shape index (κ3) is 7.04. The minimum atomic E-state index is -5.41. The first-order valence-corrected chi connectivity index (χ1v) is 12.0. The van der Waals surface area contributed by atoms with Crippen molar-refractivity contribution in [3.63, 3.8) is 0 Å². The first-order chi connectivity index (χ1) is 19.2. The van der Waals surface area contributed by atoms with E-state index >= 15 is 0 Å². The molecule has 1 fully saturated rings. The van der Waals surface area contributed by atoms with Crippen LogP contribution in [0.5, 0.6) is 11.5 Å². The van der Waals surface area contributed by atoms with Crippen LogP contribution in [0.3, 0.4) is 0 Å². The van der Waals surface area contributed by atoms with Crippen molar-refractivity contribution in [2.45, 2.75) is 38.5 Å². The Morgan fingerprint density at radius 3 is 1.85 bits per heavy atom. The molecule has 0 atom stereocenters. The Morgan fingerprint density at radius 1 is 0.756 bits per heavy atom. The lowest BCUT2D eigenvalue weighted by Gasteiger charge is -2.30. The fourth-order valence-corrected chi connectivity index (χ4v) is 4.24. The highest BCUT2D eigenvalue weighted by atomic mass is 19.4. The standard InChI is InChI=1S/C27H20F10O4/c1-2-3-13-11-38-25(39-12-13)15-8-19(29)23(20(30)9-15)26(33,34)40-16-4-5-17(18(28)10-16)14-6-21(31)24(22(32)7-14)41-27(35,36)37/h4-10,13,25H,2-3,11-12H2,1H3. The van der Waals surface area contributed by atoms with Gasteiger partial charge in [0.15, 0.2) is 17.9 Å². The summed E-state index contributed by atoms with van der Waals surface area (Å²) in [6, 6.07) is 3.60. The molecule has 0 saturated carbocycles. The summed E-state index contributed by atoms with van der Waals surface area (Å²) in [5.41, 5.74) is -3.19. The van der Waals surface area contributed by atoms with Gasteiger partial charge in [0.1, 0.15) is 28.8 Å². The molecule has 0 bridgehead atoms. The number of hydrogen-bond donors (Lipinski definition) is 0. The quantitative estimate of drug-likeness (QED) is 0.244. The highest BCUT2D eigenvalue weighted by molar-refractivity contribution is 5.66. The normalized spacial score (nSPS) is 17.9. The molecule has 1 saturated heterocycles. The molecule has 1 aliphatic rings. The fraction of sp³-hybridized carbons (Fsp3) is 0.333. The summed E-state index contributed by atoms with van der Waals surface area (Å²) < 4.78 is 157. The molecule has 0 amide bonds. The van der Waals surface area contributed by atoms with Gasteiger partial charge in [-0.3, -0.25) is 0 Å². The lowest BCUT2D eigenvalue weighted by molar-refractivity contribution is -0.276. The minimum Gasteiger partial charge on any atom is -0.429 e. The van der Waals surface area contributed by atoms with Crippen molar-refractivity contribution < 1.29 is 62.9 Å². The first kappa shape index (κ1) is 30.4. The van der Waals surface area contributed by atoms with Crippen LogP contribution in [0.2, 0.25) is 0 Å². The number of ether oxygens (including phenoxy) is 4. The average molecular weight is 598 g/mol. The van der Waals surface area contributed by atoms with Crippen LogP contribution in [-0.2, 0) is 15.6 Å². The van der Waals surface area contributed by atoms with Gasteiger partial charge in [-0.05, 0) is 48.4 Å². The second-order valence-electron chi connectivity index (χ2n) is 9.09. The highest BCUT2D eigenvalue weighted by Crippen LogP contribution is 2.39. The highest BCUT2D eigenvalue weighted by Gasteiger charge is 2.42. The van der Waals surface area contributed by atoms with E-state index in [1.54, 1.807) is 0 Å². The summed E-state index contributed by atoms with van der Waals surface area (Å²) in [4.78, 5) is 0. The first-order valence-electron chi connectivity index (χ1n) is 12.0. The molecule has 14 heteroatoms. The summed E-state index contributed by atoms with van der Waals surface area (Å²) >= 11 is 0. The van der Waals surface area contributed by atoms with E-state index < -0.39 is 76.0 Å². The summed E-state index contributed by atoms with van der Waals surface area (Å²) in [7, 11) is 0. The molecule has 222 valence electrons. The largest absolute Gasteiger partial charge is 0.573 e. The molecule has 3 aromatic rings. The average Bonchev–Trinajstić information content (AvgIpc) is 2.85. The third-order valence-electron chi connectivity index (χ3n) is 6.00. The number of halogens is 10. The maximum Gasteiger partial charge on any atom is 0.573 e. The second-order valence-corrected chi connectivity index (χ2v) is 9.09. The molecule has 0 N–H and O–H groups in total. The van der Waals surface area contributed by atoms with E-state index in [2.05, 4.69) is 9.47 Å². The van der Waals surface area contributed by atoms with Crippen molar-refractivity contribution in [2.24, 2.45) is 5.92 Å². The molecule has 0 aliphatic carbocycles. The lowest BCUT2D eigenvalue weighted by atomic mass is 10.0.